The fourth-order valence-electron chi connectivity index (χ4n) is 1.81. The molecule has 0 fully saturated rings. The van der Waals surface area contributed by atoms with Crippen molar-refractivity contribution in [2.75, 3.05) is 0 Å². The molecule has 0 radical (unpaired) electrons. The van der Waals surface area contributed by atoms with Gasteiger partial charge in [0.2, 0.25) is 0 Å². The van der Waals surface area contributed by atoms with Gasteiger partial charge < -0.3 is 0 Å². The maximum atomic E-state index is 13.9. The van der Waals surface area contributed by atoms with Crippen molar-refractivity contribution in [1.82, 2.24) is 0 Å². The molecule has 0 N–H and O–H groups in total. The maximum Gasteiger partial charge on any atom is 0.419 e. The van der Waals surface area contributed by atoms with Crippen LogP contribution in [0.25, 0.3) is 0 Å². The predicted octanol–water partition coefficient (Wildman–Crippen LogP) is 5.45. The first-order chi connectivity index (χ1) is 9.71. The van der Waals surface area contributed by atoms with Crippen molar-refractivity contribution in [2.45, 2.75) is 11.6 Å². The molecule has 2 rings (SSSR count). The van der Waals surface area contributed by atoms with Crippen LogP contribution in [0.15, 0.2) is 36.4 Å². The second-order valence-corrected chi connectivity index (χ2v) is 4.68. The van der Waals surface area contributed by atoms with E-state index in [1.54, 1.807) is 0 Å². The van der Waals surface area contributed by atoms with Gasteiger partial charge in [-0.25, -0.2) is 13.2 Å². The molecule has 0 saturated heterocycles. The van der Waals surface area contributed by atoms with E-state index < -0.39 is 40.1 Å². The quantitative estimate of drug-likeness (QED) is 0.509. The Morgan fingerprint density at radius 2 is 1.57 bits per heavy atom. The van der Waals surface area contributed by atoms with Crippen molar-refractivity contribution in [3.05, 3.63) is 70.5 Å². The van der Waals surface area contributed by atoms with E-state index in [-0.39, 0.29) is 5.56 Å². The van der Waals surface area contributed by atoms with E-state index in [1.165, 1.54) is 0 Å². The lowest BCUT2D eigenvalue weighted by atomic mass is 10.0. The molecule has 0 saturated carbocycles. The van der Waals surface area contributed by atoms with Gasteiger partial charge in [-0.05, 0) is 23.8 Å². The molecule has 7 heteroatoms. The van der Waals surface area contributed by atoms with Crippen LogP contribution in [0.4, 0.5) is 26.3 Å². The molecule has 2 aromatic carbocycles. The van der Waals surface area contributed by atoms with E-state index in [0.717, 1.165) is 24.3 Å². The van der Waals surface area contributed by atoms with Crippen LogP contribution in [0, 0.1) is 17.5 Å². The summed E-state index contributed by atoms with van der Waals surface area (Å²) >= 11 is 5.89. The predicted molar refractivity (Wildman–Crippen MR) is 65.5 cm³/mol. The molecule has 2 aromatic rings. The summed E-state index contributed by atoms with van der Waals surface area (Å²) < 4.78 is 77.7. The summed E-state index contributed by atoms with van der Waals surface area (Å²) in [4.78, 5) is 0. The molecule has 21 heavy (non-hydrogen) atoms. The van der Waals surface area contributed by atoms with Crippen molar-refractivity contribution in [3.63, 3.8) is 0 Å². The number of hydrogen-bond acceptors (Lipinski definition) is 0. The molecular weight excluding hydrogens is 318 g/mol. The molecule has 1 unspecified atom stereocenters. The van der Waals surface area contributed by atoms with Gasteiger partial charge >= 0.3 is 6.18 Å². The van der Waals surface area contributed by atoms with Gasteiger partial charge in [0.1, 0.15) is 5.82 Å². The molecule has 0 aliphatic rings. The Labute approximate surface area is 121 Å². The minimum atomic E-state index is -4.87. The normalized spacial score (nSPS) is 13.3. The molecule has 0 aromatic heterocycles. The molecule has 0 spiro atoms. The van der Waals surface area contributed by atoms with Crippen LogP contribution in [0.2, 0.25) is 0 Å². The lowest BCUT2D eigenvalue weighted by molar-refractivity contribution is -0.140. The van der Waals surface area contributed by atoms with Crippen LogP contribution < -0.4 is 0 Å². The Bertz CT molecular complexity index is 665. The molecule has 0 aliphatic carbocycles. The van der Waals surface area contributed by atoms with E-state index in [4.69, 9.17) is 11.6 Å². The minimum absolute atomic E-state index is 0.0474. The molecule has 112 valence electrons. The number of halogens is 7. The zero-order valence-electron chi connectivity index (χ0n) is 10.2. The van der Waals surface area contributed by atoms with Gasteiger partial charge in [-0.3, -0.25) is 0 Å². The first kappa shape index (κ1) is 15.7. The number of hydrogen-bond donors (Lipinski definition) is 0. The summed E-state index contributed by atoms with van der Waals surface area (Å²) in [6, 6.07) is 5.20. The Kier molecular flexibility index (Phi) is 4.18. The lowest BCUT2D eigenvalue weighted by Crippen LogP contribution is -2.11. The summed E-state index contributed by atoms with van der Waals surface area (Å²) in [5.74, 6) is -3.88. The van der Waals surface area contributed by atoms with E-state index >= 15 is 0 Å². The largest absolute Gasteiger partial charge is 0.419 e. The summed E-state index contributed by atoms with van der Waals surface area (Å²) in [5.41, 5.74) is -1.97. The van der Waals surface area contributed by atoms with Gasteiger partial charge in [0.05, 0.1) is 10.9 Å². The van der Waals surface area contributed by atoms with Crippen LogP contribution in [0.5, 0.6) is 0 Å². The molecule has 0 nitrogen and oxygen atoms in total. The van der Waals surface area contributed by atoms with Crippen molar-refractivity contribution in [3.8, 4) is 0 Å². The van der Waals surface area contributed by atoms with Crippen molar-refractivity contribution >= 4 is 11.6 Å². The Morgan fingerprint density at radius 3 is 2.14 bits per heavy atom. The molecule has 1 atom stereocenters. The van der Waals surface area contributed by atoms with E-state index in [1.807, 2.05) is 0 Å². The van der Waals surface area contributed by atoms with Crippen molar-refractivity contribution in [2.24, 2.45) is 0 Å². The second kappa shape index (κ2) is 5.60. The fourth-order valence-corrected chi connectivity index (χ4v) is 2.12. The van der Waals surface area contributed by atoms with Crippen LogP contribution in [0.3, 0.4) is 0 Å². The second-order valence-electron chi connectivity index (χ2n) is 4.24. The standard InChI is InChI=1S/C14H7ClF6/c15-12(7-4-5-10(16)11(17)6-7)8-2-1-3-9(13(8)18)14(19,20)21/h1-6,12H. The Balaban J connectivity index is 2.48. The zero-order valence-corrected chi connectivity index (χ0v) is 10.9. The number of benzene rings is 2. The SMILES string of the molecule is Fc1ccc(C(Cl)c2cccc(C(F)(F)F)c2F)cc1F. The number of rotatable bonds is 2. The van der Waals surface area contributed by atoms with Gasteiger partial charge in [-0.1, -0.05) is 18.2 Å². The average molecular weight is 325 g/mol. The van der Waals surface area contributed by atoms with Crippen LogP contribution in [-0.4, -0.2) is 0 Å². The molecule has 0 heterocycles. The molecule has 0 aliphatic heterocycles. The van der Waals surface area contributed by atoms with Gasteiger partial charge in [-0.2, -0.15) is 13.2 Å². The summed E-state index contributed by atoms with van der Waals surface area (Å²) in [7, 11) is 0. The maximum absolute atomic E-state index is 13.9. The lowest BCUT2D eigenvalue weighted by Gasteiger charge is -2.15. The van der Waals surface area contributed by atoms with Gasteiger partial charge in [0.25, 0.3) is 0 Å². The highest BCUT2D eigenvalue weighted by molar-refractivity contribution is 6.22. The molecule has 0 bridgehead atoms. The van der Waals surface area contributed by atoms with Gasteiger partial charge in [0.15, 0.2) is 11.6 Å². The molecule has 0 amide bonds. The fraction of sp³-hybridized carbons (Fsp3) is 0.143. The van der Waals surface area contributed by atoms with Gasteiger partial charge in [-0.15, -0.1) is 11.6 Å². The summed E-state index contributed by atoms with van der Waals surface area (Å²) in [6.45, 7) is 0. The third kappa shape index (κ3) is 3.15. The van der Waals surface area contributed by atoms with Crippen LogP contribution in [-0.2, 0) is 6.18 Å². The van der Waals surface area contributed by atoms with E-state index in [0.29, 0.717) is 12.1 Å². The molecular formula is C14H7ClF6. The van der Waals surface area contributed by atoms with E-state index in [2.05, 4.69) is 0 Å². The zero-order chi connectivity index (χ0) is 15.8. The third-order valence-corrected chi connectivity index (χ3v) is 3.33. The minimum Gasteiger partial charge on any atom is -0.206 e. The summed E-state index contributed by atoms with van der Waals surface area (Å²) in [5, 5.41) is -1.37. The smallest absolute Gasteiger partial charge is 0.206 e. The third-order valence-electron chi connectivity index (χ3n) is 2.84. The highest BCUT2D eigenvalue weighted by atomic mass is 35.5. The Morgan fingerprint density at radius 1 is 0.905 bits per heavy atom. The average Bonchev–Trinajstić information content (AvgIpc) is 2.40. The first-order valence-electron chi connectivity index (χ1n) is 5.66. The van der Waals surface area contributed by atoms with E-state index in [9.17, 15) is 26.3 Å². The highest BCUT2D eigenvalue weighted by Gasteiger charge is 2.35. The van der Waals surface area contributed by atoms with Crippen LogP contribution >= 0.6 is 11.6 Å². The van der Waals surface area contributed by atoms with Crippen LogP contribution in [0.1, 0.15) is 22.1 Å². The van der Waals surface area contributed by atoms with Crippen molar-refractivity contribution < 1.29 is 26.3 Å². The number of alkyl halides is 4. The Hall–Kier alpha value is -1.69. The highest BCUT2D eigenvalue weighted by Crippen LogP contribution is 2.37. The van der Waals surface area contributed by atoms with Crippen molar-refractivity contribution in [1.29, 1.82) is 0 Å². The topological polar surface area (TPSA) is 0 Å². The van der Waals surface area contributed by atoms with Gasteiger partial charge in [0, 0.05) is 5.56 Å². The monoisotopic (exact) mass is 324 g/mol. The summed E-state index contributed by atoms with van der Waals surface area (Å²) in [6.07, 6.45) is -4.87. The first-order valence-corrected chi connectivity index (χ1v) is 6.10.